The van der Waals surface area contributed by atoms with E-state index in [1.54, 1.807) is 0 Å². The smallest absolute Gasteiger partial charge is 0.240 e. The lowest BCUT2D eigenvalue weighted by molar-refractivity contribution is -0.134. The topological polar surface area (TPSA) is 32.7 Å². The van der Waals surface area contributed by atoms with Crippen molar-refractivity contribution in [2.24, 2.45) is 10.5 Å². The third-order valence-corrected chi connectivity index (χ3v) is 4.42. The Balaban J connectivity index is 2.23. The van der Waals surface area contributed by atoms with Crippen molar-refractivity contribution in [3.63, 3.8) is 0 Å². The molecule has 1 spiro atoms. The normalized spacial score (nSPS) is 27.6. The first kappa shape index (κ1) is 12.2. The van der Waals surface area contributed by atoms with Crippen LogP contribution in [0, 0.1) is 5.41 Å². The highest BCUT2D eigenvalue weighted by molar-refractivity contribution is 6.22. The molecule has 1 saturated carbocycles. The molecule has 2 aliphatic rings. The molecule has 5 heteroatoms. The molecule has 1 atom stereocenters. The molecule has 1 aliphatic heterocycles. The first-order chi connectivity index (χ1) is 7.59. The maximum atomic E-state index is 11.5. The van der Waals surface area contributed by atoms with Gasteiger partial charge in [-0.3, -0.25) is 4.79 Å². The third kappa shape index (κ3) is 1.95. The van der Waals surface area contributed by atoms with E-state index in [4.69, 9.17) is 23.2 Å². The van der Waals surface area contributed by atoms with Gasteiger partial charge < -0.3 is 0 Å². The third-order valence-electron chi connectivity index (χ3n) is 3.58. The number of rotatable bonds is 2. The number of hydrogen-bond donors (Lipinski definition) is 0. The second-order valence-electron chi connectivity index (χ2n) is 4.70. The SMILES string of the molecule is CC(=O)N1N=C(CCCl)CC2(CCC2)[C@@H]1Cl. The van der Waals surface area contributed by atoms with Crippen molar-refractivity contribution in [3.8, 4) is 0 Å². The molecule has 0 aromatic heterocycles. The van der Waals surface area contributed by atoms with Crippen LogP contribution < -0.4 is 0 Å². The van der Waals surface area contributed by atoms with E-state index in [0.29, 0.717) is 5.88 Å². The van der Waals surface area contributed by atoms with Crippen LogP contribution in [0.2, 0.25) is 0 Å². The predicted octanol–water partition coefficient (Wildman–Crippen LogP) is 2.96. The number of halogens is 2. The van der Waals surface area contributed by atoms with Gasteiger partial charge in [-0.05, 0) is 19.3 Å². The Morgan fingerprint density at radius 1 is 1.62 bits per heavy atom. The largest absolute Gasteiger partial charge is 0.273 e. The molecule has 3 nitrogen and oxygen atoms in total. The second kappa shape index (κ2) is 4.53. The van der Waals surface area contributed by atoms with E-state index in [0.717, 1.165) is 31.4 Å². The zero-order chi connectivity index (χ0) is 11.8. The number of nitrogens with zero attached hydrogens (tertiary/aromatic N) is 2. The van der Waals surface area contributed by atoms with Crippen molar-refractivity contribution in [1.29, 1.82) is 0 Å². The second-order valence-corrected chi connectivity index (χ2v) is 5.49. The standard InChI is InChI=1S/C11H16Cl2N2O/c1-8(16)15-10(13)11(4-2-5-11)7-9(14-15)3-6-12/h10H,2-7H2,1H3/t10-/m1/s1. The highest BCUT2D eigenvalue weighted by atomic mass is 35.5. The lowest BCUT2D eigenvalue weighted by Crippen LogP contribution is -2.52. The van der Waals surface area contributed by atoms with Crippen LogP contribution in [-0.2, 0) is 4.79 Å². The Bertz CT molecular complexity index is 326. The maximum absolute atomic E-state index is 11.5. The molecule has 0 N–H and O–H groups in total. The fraction of sp³-hybridized carbons (Fsp3) is 0.818. The first-order valence-corrected chi connectivity index (χ1v) is 6.62. The Labute approximate surface area is 106 Å². The molecule has 0 unspecified atom stereocenters. The van der Waals surface area contributed by atoms with Crippen LogP contribution in [0.3, 0.4) is 0 Å². The highest BCUT2D eigenvalue weighted by Crippen LogP contribution is 2.52. The monoisotopic (exact) mass is 262 g/mol. The highest BCUT2D eigenvalue weighted by Gasteiger charge is 2.49. The molecule has 16 heavy (non-hydrogen) atoms. The van der Waals surface area contributed by atoms with E-state index < -0.39 is 0 Å². The number of hydrogen-bond acceptors (Lipinski definition) is 2. The number of alkyl halides is 2. The maximum Gasteiger partial charge on any atom is 0.240 e. The van der Waals surface area contributed by atoms with Crippen molar-refractivity contribution < 1.29 is 4.79 Å². The van der Waals surface area contributed by atoms with E-state index in [1.807, 2.05) is 0 Å². The summed E-state index contributed by atoms with van der Waals surface area (Å²) in [7, 11) is 0. The molecule has 0 aromatic rings. The number of carbonyl (C=O) groups is 1. The van der Waals surface area contributed by atoms with E-state index >= 15 is 0 Å². The Morgan fingerprint density at radius 3 is 2.75 bits per heavy atom. The van der Waals surface area contributed by atoms with Crippen LogP contribution in [0.15, 0.2) is 5.10 Å². The van der Waals surface area contributed by atoms with Gasteiger partial charge in [-0.15, -0.1) is 11.6 Å². The molecule has 1 heterocycles. The molecule has 1 amide bonds. The predicted molar refractivity (Wildman–Crippen MR) is 65.8 cm³/mol. The summed E-state index contributed by atoms with van der Waals surface area (Å²) in [4.78, 5) is 11.5. The Hall–Kier alpha value is -0.280. The molecule has 1 fully saturated rings. The van der Waals surface area contributed by atoms with Gasteiger partial charge in [0.15, 0.2) is 0 Å². The fourth-order valence-electron chi connectivity index (χ4n) is 2.51. The molecular formula is C11H16Cl2N2O. The van der Waals surface area contributed by atoms with Gasteiger partial charge in [-0.2, -0.15) is 5.10 Å². The van der Waals surface area contributed by atoms with Crippen LogP contribution in [0.25, 0.3) is 0 Å². The average Bonchev–Trinajstić information content (AvgIpc) is 2.18. The zero-order valence-electron chi connectivity index (χ0n) is 9.38. The summed E-state index contributed by atoms with van der Waals surface area (Å²) >= 11 is 12.1. The zero-order valence-corrected chi connectivity index (χ0v) is 10.9. The summed E-state index contributed by atoms with van der Waals surface area (Å²) in [6.45, 7) is 1.51. The summed E-state index contributed by atoms with van der Waals surface area (Å²) < 4.78 is 0. The number of hydrazone groups is 1. The summed E-state index contributed by atoms with van der Waals surface area (Å²) in [5.74, 6) is 0.464. The van der Waals surface area contributed by atoms with Crippen LogP contribution in [-0.4, -0.2) is 28.0 Å². The minimum Gasteiger partial charge on any atom is -0.273 e. The van der Waals surface area contributed by atoms with Crippen LogP contribution in [0.1, 0.15) is 39.0 Å². The first-order valence-electron chi connectivity index (χ1n) is 5.65. The fourth-order valence-corrected chi connectivity index (χ4v) is 3.21. The number of carbonyl (C=O) groups excluding carboxylic acids is 1. The van der Waals surface area contributed by atoms with Crippen molar-refractivity contribution >= 4 is 34.8 Å². The quantitative estimate of drug-likeness (QED) is 0.557. The van der Waals surface area contributed by atoms with Gasteiger partial charge in [0, 0.05) is 30.4 Å². The molecule has 0 radical (unpaired) electrons. The van der Waals surface area contributed by atoms with E-state index in [-0.39, 0.29) is 16.8 Å². The Kier molecular flexibility index (Phi) is 3.45. The summed E-state index contributed by atoms with van der Waals surface area (Å²) in [5, 5.41) is 5.75. The molecule has 0 saturated heterocycles. The van der Waals surface area contributed by atoms with Crippen LogP contribution in [0.4, 0.5) is 0 Å². The van der Waals surface area contributed by atoms with Crippen molar-refractivity contribution in [2.45, 2.75) is 44.5 Å². The lowest BCUT2D eigenvalue weighted by atomic mass is 9.64. The minimum absolute atomic E-state index is 0.0658. The summed E-state index contributed by atoms with van der Waals surface area (Å²) in [6, 6.07) is 0. The van der Waals surface area contributed by atoms with Crippen LogP contribution in [0.5, 0.6) is 0 Å². The van der Waals surface area contributed by atoms with Gasteiger partial charge in [-0.25, -0.2) is 5.01 Å². The van der Waals surface area contributed by atoms with Gasteiger partial charge in [0.2, 0.25) is 5.91 Å². The molecule has 1 aliphatic carbocycles. The van der Waals surface area contributed by atoms with Gasteiger partial charge in [-0.1, -0.05) is 18.0 Å². The molecular weight excluding hydrogens is 247 g/mol. The van der Waals surface area contributed by atoms with E-state index in [2.05, 4.69) is 5.10 Å². The minimum atomic E-state index is -0.280. The average molecular weight is 263 g/mol. The Morgan fingerprint density at radius 2 is 2.31 bits per heavy atom. The van der Waals surface area contributed by atoms with Gasteiger partial charge >= 0.3 is 0 Å². The molecule has 0 bridgehead atoms. The lowest BCUT2D eigenvalue weighted by Gasteiger charge is -2.50. The van der Waals surface area contributed by atoms with Gasteiger partial charge in [0.25, 0.3) is 0 Å². The van der Waals surface area contributed by atoms with Gasteiger partial charge in [0.1, 0.15) is 5.50 Å². The van der Waals surface area contributed by atoms with Crippen molar-refractivity contribution in [2.75, 3.05) is 5.88 Å². The molecule has 90 valence electrons. The summed E-state index contributed by atoms with van der Waals surface area (Å²) in [6.07, 6.45) is 5.02. The van der Waals surface area contributed by atoms with Gasteiger partial charge in [0.05, 0.1) is 0 Å². The van der Waals surface area contributed by atoms with E-state index in [9.17, 15) is 4.79 Å². The summed E-state index contributed by atoms with van der Waals surface area (Å²) in [5.41, 5.74) is 0.802. The van der Waals surface area contributed by atoms with Crippen molar-refractivity contribution in [3.05, 3.63) is 0 Å². The molecule has 2 rings (SSSR count). The number of amides is 1. The van der Waals surface area contributed by atoms with Crippen molar-refractivity contribution in [1.82, 2.24) is 5.01 Å². The molecule has 0 aromatic carbocycles. The van der Waals surface area contributed by atoms with E-state index in [1.165, 1.54) is 18.4 Å². The van der Waals surface area contributed by atoms with Crippen LogP contribution >= 0.6 is 23.2 Å².